The summed E-state index contributed by atoms with van der Waals surface area (Å²) in [6, 6.07) is 16.7. The first kappa shape index (κ1) is 24.4. The van der Waals surface area contributed by atoms with E-state index in [1.165, 1.54) is 37.6 Å². The summed E-state index contributed by atoms with van der Waals surface area (Å²) in [6.07, 6.45) is 1.32. The van der Waals surface area contributed by atoms with Crippen molar-refractivity contribution < 1.29 is 28.7 Å². The molecule has 0 saturated carbocycles. The monoisotopic (exact) mass is 527 g/mol. The molecule has 34 heavy (non-hydrogen) atoms. The largest absolute Gasteiger partial charge is 0.497 e. The molecule has 0 aromatic heterocycles. The lowest BCUT2D eigenvalue weighted by molar-refractivity contribution is -0.384. The van der Waals surface area contributed by atoms with Crippen LogP contribution in [0.3, 0.4) is 0 Å². The van der Waals surface area contributed by atoms with Crippen LogP contribution in [0.2, 0.25) is 0 Å². The first-order valence-corrected chi connectivity index (χ1v) is 10.5. The highest BCUT2D eigenvalue weighted by molar-refractivity contribution is 9.10. The maximum atomic E-state index is 12.5. The average Bonchev–Trinajstić information content (AvgIpc) is 2.84. The zero-order valence-corrected chi connectivity index (χ0v) is 19.4. The zero-order chi connectivity index (χ0) is 24.5. The summed E-state index contributed by atoms with van der Waals surface area (Å²) in [5, 5.41) is 14.5. The van der Waals surface area contributed by atoms with E-state index in [0.717, 1.165) is 0 Å². The predicted molar refractivity (Wildman–Crippen MR) is 126 cm³/mol. The Bertz CT molecular complexity index is 1210. The van der Waals surface area contributed by atoms with Crippen LogP contribution in [0.15, 0.2) is 76.3 Å². The molecule has 10 nitrogen and oxygen atoms in total. The van der Waals surface area contributed by atoms with Crippen molar-refractivity contribution in [3.8, 4) is 17.2 Å². The van der Waals surface area contributed by atoms with Gasteiger partial charge in [-0.05, 0) is 54.6 Å². The van der Waals surface area contributed by atoms with Crippen LogP contribution in [-0.4, -0.2) is 36.7 Å². The standard InChI is InChI=1S/C23H18BrN3O7/c1-32-19-7-2-15(3-8-19)23(29)34-21-11-4-17(24)12-16(21)13-25-26-22(28)14-33-20-9-5-18(6-10-20)27(30)31/h2-13H,14H2,1H3,(H,26,28)/b25-13+. The number of nitrogens with one attached hydrogen (secondary N) is 1. The number of non-ortho nitro benzene ring substituents is 1. The van der Waals surface area contributed by atoms with E-state index < -0.39 is 16.8 Å². The molecule has 11 heteroatoms. The van der Waals surface area contributed by atoms with E-state index in [-0.39, 0.29) is 18.0 Å². The number of hydrogen-bond donors (Lipinski definition) is 1. The lowest BCUT2D eigenvalue weighted by Crippen LogP contribution is -2.24. The summed E-state index contributed by atoms with van der Waals surface area (Å²) in [7, 11) is 1.53. The molecule has 0 saturated heterocycles. The fraction of sp³-hybridized carbons (Fsp3) is 0.0870. The molecule has 3 aromatic carbocycles. The van der Waals surface area contributed by atoms with Crippen LogP contribution in [0.25, 0.3) is 0 Å². The first-order chi connectivity index (χ1) is 16.4. The van der Waals surface area contributed by atoms with E-state index in [1.807, 2.05) is 0 Å². The third kappa shape index (κ3) is 6.87. The first-order valence-electron chi connectivity index (χ1n) is 9.70. The van der Waals surface area contributed by atoms with Gasteiger partial charge in [-0.2, -0.15) is 5.10 Å². The van der Waals surface area contributed by atoms with E-state index in [9.17, 15) is 19.7 Å². The summed E-state index contributed by atoms with van der Waals surface area (Å²) in [5.41, 5.74) is 2.99. The molecule has 0 aliphatic rings. The van der Waals surface area contributed by atoms with E-state index in [4.69, 9.17) is 14.2 Å². The van der Waals surface area contributed by atoms with Gasteiger partial charge in [-0.1, -0.05) is 15.9 Å². The molecule has 0 fully saturated rings. The van der Waals surface area contributed by atoms with Crippen molar-refractivity contribution >= 4 is 39.7 Å². The van der Waals surface area contributed by atoms with Gasteiger partial charge in [-0.25, -0.2) is 10.2 Å². The van der Waals surface area contributed by atoms with Crippen molar-refractivity contribution in [2.45, 2.75) is 0 Å². The van der Waals surface area contributed by atoms with Crippen molar-refractivity contribution in [2.75, 3.05) is 13.7 Å². The predicted octanol–water partition coefficient (Wildman–Crippen LogP) is 4.11. The molecule has 0 atom stereocenters. The van der Waals surface area contributed by atoms with Crippen LogP contribution in [-0.2, 0) is 4.79 Å². The number of ether oxygens (including phenoxy) is 3. The zero-order valence-electron chi connectivity index (χ0n) is 17.8. The minimum atomic E-state index is -0.569. The van der Waals surface area contributed by atoms with E-state index in [0.29, 0.717) is 27.1 Å². The van der Waals surface area contributed by atoms with Crippen molar-refractivity contribution in [1.29, 1.82) is 0 Å². The van der Waals surface area contributed by atoms with Crippen LogP contribution < -0.4 is 19.6 Å². The summed E-state index contributed by atoms with van der Waals surface area (Å²) in [6.45, 7) is -0.354. The number of benzene rings is 3. The number of nitrogens with zero attached hydrogens (tertiary/aromatic N) is 2. The van der Waals surface area contributed by atoms with Crippen molar-refractivity contribution in [3.63, 3.8) is 0 Å². The quantitative estimate of drug-likeness (QED) is 0.145. The van der Waals surface area contributed by atoms with Gasteiger partial charge in [0, 0.05) is 22.2 Å². The van der Waals surface area contributed by atoms with Crippen molar-refractivity contribution in [3.05, 3.63) is 92.4 Å². The Morgan fingerprint density at radius 2 is 1.74 bits per heavy atom. The summed E-state index contributed by atoms with van der Waals surface area (Å²) in [5.74, 6) is 0.0245. The highest BCUT2D eigenvalue weighted by atomic mass is 79.9. The molecule has 1 amide bonds. The molecule has 0 radical (unpaired) electrons. The Morgan fingerprint density at radius 3 is 2.38 bits per heavy atom. The molecule has 0 aliphatic carbocycles. The van der Waals surface area contributed by atoms with Crippen LogP contribution >= 0.6 is 15.9 Å². The van der Waals surface area contributed by atoms with Crippen molar-refractivity contribution in [2.24, 2.45) is 5.10 Å². The number of amides is 1. The number of nitro benzene ring substituents is 1. The number of halogens is 1. The molecule has 3 rings (SSSR count). The second kappa shape index (κ2) is 11.6. The molecule has 0 spiro atoms. The van der Waals surface area contributed by atoms with Gasteiger partial charge in [0.1, 0.15) is 17.2 Å². The number of hydrogen-bond acceptors (Lipinski definition) is 8. The molecular formula is C23H18BrN3O7. The highest BCUT2D eigenvalue weighted by Crippen LogP contribution is 2.23. The second-order valence-corrected chi connectivity index (χ2v) is 7.55. The van der Waals surface area contributed by atoms with Gasteiger partial charge < -0.3 is 14.2 Å². The van der Waals surface area contributed by atoms with Crippen LogP contribution in [0.4, 0.5) is 5.69 Å². The minimum absolute atomic E-state index is 0.0843. The van der Waals surface area contributed by atoms with Gasteiger partial charge in [0.05, 0.1) is 23.8 Å². The summed E-state index contributed by atoms with van der Waals surface area (Å²) >= 11 is 3.34. The number of esters is 1. The van der Waals surface area contributed by atoms with E-state index in [1.54, 1.807) is 42.5 Å². The lowest BCUT2D eigenvalue weighted by Gasteiger charge is -2.09. The number of hydrazone groups is 1. The number of nitro groups is 1. The SMILES string of the molecule is COc1ccc(C(=O)Oc2ccc(Br)cc2/C=N/NC(=O)COc2ccc([N+](=O)[O-])cc2)cc1. The Kier molecular flexibility index (Phi) is 8.30. The summed E-state index contributed by atoms with van der Waals surface area (Å²) < 4.78 is 16.5. The highest BCUT2D eigenvalue weighted by Gasteiger charge is 2.12. The molecule has 1 N–H and O–H groups in total. The Morgan fingerprint density at radius 1 is 1.06 bits per heavy atom. The number of methoxy groups -OCH3 is 1. The molecule has 174 valence electrons. The van der Waals surface area contributed by atoms with Gasteiger partial charge in [0.25, 0.3) is 11.6 Å². The molecule has 3 aromatic rings. The fourth-order valence-electron chi connectivity index (χ4n) is 2.62. The van der Waals surface area contributed by atoms with E-state index in [2.05, 4.69) is 26.5 Å². The molecule has 0 heterocycles. The third-order valence-corrected chi connectivity index (χ3v) is 4.80. The van der Waals surface area contributed by atoms with Crippen LogP contribution in [0.5, 0.6) is 17.2 Å². The molecule has 0 aliphatic heterocycles. The number of rotatable bonds is 9. The van der Waals surface area contributed by atoms with Gasteiger partial charge in [0.15, 0.2) is 6.61 Å². The second-order valence-electron chi connectivity index (χ2n) is 6.63. The maximum absolute atomic E-state index is 12.5. The van der Waals surface area contributed by atoms with Crippen LogP contribution in [0, 0.1) is 10.1 Å². The molecule has 0 bridgehead atoms. The third-order valence-electron chi connectivity index (χ3n) is 4.31. The van der Waals surface area contributed by atoms with Crippen LogP contribution in [0.1, 0.15) is 15.9 Å². The Hall–Kier alpha value is -4.25. The maximum Gasteiger partial charge on any atom is 0.343 e. The Balaban J connectivity index is 1.59. The summed E-state index contributed by atoms with van der Waals surface area (Å²) in [4.78, 5) is 34.6. The smallest absolute Gasteiger partial charge is 0.343 e. The van der Waals surface area contributed by atoms with E-state index >= 15 is 0 Å². The molecule has 0 unspecified atom stereocenters. The molecular weight excluding hydrogens is 510 g/mol. The Labute approximate surface area is 202 Å². The lowest BCUT2D eigenvalue weighted by atomic mass is 10.2. The van der Waals surface area contributed by atoms with Gasteiger partial charge in [-0.3, -0.25) is 14.9 Å². The van der Waals surface area contributed by atoms with Gasteiger partial charge in [-0.15, -0.1) is 0 Å². The number of carbonyl (C=O) groups is 2. The fourth-order valence-corrected chi connectivity index (χ4v) is 3.00. The average molecular weight is 528 g/mol. The minimum Gasteiger partial charge on any atom is -0.497 e. The number of carbonyl (C=O) groups excluding carboxylic acids is 2. The topological polar surface area (TPSA) is 129 Å². The van der Waals surface area contributed by atoms with Crippen molar-refractivity contribution in [1.82, 2.24) is 5.43 Å². The van der Waals surface area contributed by atoms with Gasteiger partial charge >= 0.3 is 5.97 Å². The normalized spacial score (nSPS) is 10.5. The van der Waals surface area contributed by atoms with Gasteiger partial charge in [0.2, 0.25) is 0 Å².